The lowest BCUT2D eigenvalue weighted by Crippen LogP contribution is -2.35. The SMILES string of the molecule is COc1ccc(-c2nnc(SCC(=O)N3CCCCCCC3)o2)cc1OC. The van der Waals surface area contributed by atoms with Gasteiger partial charge in [0.05, 0.1) is 20.0 Å². The number of amides is 1. The molecule has 7 nitrogen and oxygen atoms in total. The van der Waals surface area contributed by atoms with Gasteiger partial charge in [-0.15, -0.1) is 10.2 Å². The van der Waals surface area contributed by atoms with Crippen LogP contribution in [0.25, 0.3) is 11.5 Å². The predicted molar refractivity (Wildman–Crippen MR) is 103 cm³/mol. The average Bonchev–Trinajstić information content (AvgIpc) is 3.14. The van der Waals surface area contributed by atoms with E-state index < -0.39 is 0 Å². The van der Waals surface area contributed by atoms with Gasteiger partial charge in [0, 0.05) is 18.7 Å². The van der Waals surface area contributed by atoms with Gasteiger partial charge >= 0.3 is 0 Å². The second-order valence-electron chi connectivity index (χ2n) is 6.38. The fourth-order valence-electron chi connectivity index (χ4n) is 3.07. The monoisotopic (exact) mass is 391 g/mol. The molecule has 1 aliphatic heterocycles. The van der Waals surface area contributed by atoms with Crippen molar-refractivity contribution in [3.8, 4) is 23.0 Å². The summed E-state index contributed by atoms with van der Waals surface area (Å²) in [5.74, 6) is 2.06. The van der Waals surface area contributed by atoms with Crippen LogP contribution >= 0.6 is 11.8 Å². The minimum atomic E-state index is 0.132. The zero-order valence-corrected chi connectivity index (χ0v) is 16.6. The number of likely N-dealkylation sites (tertiary alicyclic amines) is 1. The molecule has 0 bridgehead atoms. The van der Waals surface area contributed by atoms with E-state index in [9.17, 15) is 4.79 Å². The van der Waals surface area contributed by atoms with Crippen molar-refractivity contribution in [1.82, 2.24) is 15.1 Å². The van der Waals surface area contributed by atoms with Gasteiger partial charge in [0.2, 0.25) is 11.8 Å². The molecule has 1 saturated heterocycles. The number of ether oxygens (including phenoxy) is 2. The number of hydrogen-bond donors (Lipinski definition) is 0. The molecule has 0 unspecified atom stereocenters. The Kier molecular flexibility index (Phi) is 6.98. The summed E-state index contributed by atoms with van der Waals surface area (Å²) in [6.07, 6.45) is 5.85. The number of carbonyl (C=O) groups is 1. The normalized spacial score (nSPS) is 15.1. The number of aromatic nitrogens is 2. The molecule has 0 radical (unpaired) electrons. The highest BCUT2D eigenvalue weighted by Gasteiger charge is 2.17. The maximum Gasteiger partial charge on any atom is 0.277 e. The van der Waals surface area contributed by atoms with Crippen molar-refractivity contribution in [1.29, 1.82) is 0 Å². The van der Waals surface area contributed by atoms with Gasteiger partial charge in [0.15, 0.2) is 11.5 Å². The van der Waals surface area contributed by atoms with Crippen molar-refractivity contribution in [2.45, 2.75) is 37.3 Å². The molecule has 8 heteroatoms. The Labute approximate surface area is 163 Å². The zero-order valence-electron chi connectivity index (χ0n) is 15.8. The van der Waals surface area contributed by atoms with Gasteiger partial charge in [-0.3, -0.25) is 4.79 Å². The second-order valence-corrected chi connectivity index (χ2v) is 7.31. The second kappa shape index (κ2) is 9.64. The van der Waals surface area contributed by atoms with E-state index in [1.54, 1.807) is 26.4 Å². The molecule has 0 atom stereocenters. The van der Waals surface area contributed by atoms with E-state index in [1.165, 1.54) is 31.0 Å². The molecule has 146 valence electrons. The number of methoxy groups -OCH3 is 2. The van der Waals surface area contributed by atoms with Crippen LogP contribution in [0.1, 0.15) is 32.1 Å². The number of nitrogens with zero attached hydrogens (tertiary/aromatic N) is 3. The quantitative estimate of drug-likeness (QED) is 0.696. The lowest BCUT2D eigenvalue weighted by molar-refractivity contribution is -0.128. The number of hydrogen-bond acceptors (Lipinski definition) is 7. The van der Waals surface area contributed by atoms with Crippen LogP contribution in [0, 0.1) is 0 Å². The number of carbonyl (C=O) groups excluding carboxylic acids is 1. The molecule has 0 aliphatic carbocycles. The zero-order chi connectivity index (χ0) is 19.1. The summed E-state index contributed by atoms with van der Waals surface area (Å²) < 4.78 is 16.2. The summed E-state index contributed by atoms with van der Waals surface area (Å²) in [6.45, 7) is 1.69. The van der Waals surface area contributed by atoms with Crippen molar-refractivity contribution in [3.63, 3.8) is 0 Å². The van der Waals surface area contributed by atoms with E-state index in [1.807, 2.05) is 11.0 Å². The molecule has 1 aromatic heterocycles. The van der Waals surface area contributed by atoms with Crippen molar-refractivity contribution in [3.05, 3.63) is 18.2 Å². The summed E-state index contributed by atoms with van der Waals surface area (Å²) >= 11 is 1.28. The molecule has 1 amide bonds. The van der Waals surface area contributed by atoms with Gasteiger partial charge in [-0.1, -0.05) is 31.0 Å². The first kappa shape index (κ1) is 19.5. The van der Waals surface area contributed by atoms with Crippen LogP contribution in [0.15, 0.2) is 27.8 Å². The topological polar surface area (TPSA) is 77.7 Å². The Hall–Kier alpha value is -2.22. The van der Waals surface area contributed by atoms with Gasteiger partial charge in [0.25, 0.3) is 5.22 Å². The first-order chi connectivity index (χ1) is 13.2. The highest BCUT2D eigenvalue weighted by Crippen LogP contribution is 2.32. The Balaban J connectivity index is 1.60. The van der Waals surface area contributed by atoms with Crippen LogP contribution in [0.4, 0.5) is 0 Å². The highest BCUT2D eigenvalue weighted by atomic mass is 32.2. The minimum Gasteiger partial charge on any atom is -0.493 e. The van der Waals surface area contributed by atoms with Crippen molar-refractivity contribution in [2.24, 2.45) is 0 Å². The smallest absolute Gasteiger partial charge is 0.277 e. The molecular formula is C19H25N3O4S. The summed E-state index contributed by atoms with van der Waals surface area (Å²) in [4.78, 5) is 14.4. The fraction of sp³-hybridized carbons (Fsp3) is 0.526. The first-order valence-electron chi connectivity index (χ1n) is 9.17. The summed E-state index contributed by atoms with van der Waals surface area (Å²) in [5.41, 5.74) is 0.738. The molecule has 2 heterocycles. The summed E-state index contributed by atoms with van der Waals surface area (Å²) in [6, 6.07) is 5.40. The third-order valence-corrected chi connectivity index (χ3v) is 5.37. The van der Waals surface area contributed by atoms with Crippen molar-refractivity contribution in [2.75, 3.05) is 33.1 Å². The molecule has 3 rings (SSSR count). The van der Waals surface area contributed by atoms with Gasteiger partial charge in [-0.05, 0) is 31.0 Å². The molecule has 0 N–H and O–H groups in total. The van der Waals surface area contributed by atoms with Gasteiger partial charge in [0.1, 0.15) is 0 Å². The third-order valence-electron chi connectivity index (χ3n) is 4.56. The third kappa shape index (κ3) is 5.15. The molecule has 0 saturated carbocycles. The molecular weight excluding hydrogens is 366 g/mol. The maximum absolute atomic E-state index is 12.5. The summed E-state index contributed by atoms with van der Waals surface area (Å²) in [7, 11) is 3.16. The van der Waals surface area contributed by atoms with Crippen LogP contribution < -0.4 is 9.47 Å². The molecule has 2 aromatic rings. The van der Waals surface area contributed by atoms with E-state index in [4.69, 9.17) is 13.9 Å². The fourth-order valence-corrected chi connectivity index (χ4v) is 3.73. The van der Waals surface area contributed by atoms with Crippen LogP contribution in [0.3, 0.4) is 0 Å². The maximum atomic E-state index is 12.5. The lowest BCUT2D eigenvalue weighted by atomic mass is 10.1. The Morgan fingerprint density at radius 3 is 2.48 bits per heavy atom. The molecule has 1 aliphatic rings. The van der Waals surface area contributed by atoms with Gasteiger partial charge in [-0.25, -0.2) is 0 Å². The Bertz CT molecular complexity index is 757. The lowest BCUT2D eigenvalue weighted by Gasteiger charge is -2.24. The number of benzene rings is 1. The first-order valence-corrected chi connectivity index (χ1v) is 10.2. The van der Waals surface area contributed by atoms with Crippen molar-refractivity contribution < 1.29 is 18.7 Å². The van der Waals surface area contributed by atoms with E-state index in [0.29, 0.717) is 28.4 Å². The highest BCUT2D eigenvalue weighted by molar-refractivity contribution is 7.99. The summed E-state index contributed by atoms with van der Waals surface area (Å²) in [5, 5.41) is 8.51. The Morgan fingerprint density at radius 2 is 1.78 bits per heavy atom. The van der Waals surface area contributed by atoms with Crippen LogP contribution in [-0.2, 0) is 4.79 Å². The largest absolute Gasteiger partial charge is 0.493 e. The number of rotatable bonds is 6. The van der Waals surface area contributed by atoms with Crippen LogP contribution in [0.5, 0.6) is 11.5 Å². The molecule has 1 aromatic carbocycles. The van der Waals surface area contributed by atoms with E-state index in [0.717, 1.165) is 31.5 Å². The molecule has 27 heavy (non-hydrogen) atoms. The van der Waals surface area contributed by atoms with E-state index >= 15 is 0 Å². The molecule has 0 spiro atoms. The standard InChI is InChI=1S/C19H25N3O4S/c1-24-15-9-8-14(12-16(15)25-2)18-20-21-19(26-18)27-13-17(23)22-10-6-4-3-5-7-11-22/h8-9,12H,3-7,10-11,13H2,1-2H3. The predicted octanol–water partition coefficient (Wildman–Crippen LogP) is 3.64. The molecule has 1 fully saturated rings. The Morgan fingerprint density at radius 1 is 1.07 bits per heavy atom. The number of thioether (sulfide) groups is 1. The van der Waals surface area contributed by atoms with Crippen LogP contribution in [0.2, 0.25) is 0 Å². The van der Waals surface area contributed by atoms with Gasteiger partial charge < -0.3 is 18.8 Å². The average molecular weight is 391 g/mol. The van der Waals surface area contributed by atoms with E-state index in [-0.39, 0.29) is 5.91 Å². The van der Waals surface area contributed by atoms with E-state index in [2.05, 4.69) is 10.2 Å². The van der Waals surface area contributed by atoms with Crippen LogP contribution in [-0.4, -0.2) is 54.1 Å². The minimum absolute atomic E-state index is 0.132. The van der Waals surface area contributed by atoms with Gasteiger partial charge in [-0.2, -0.15) is 0 Å². The van der Waals surface area contributed by atoms with Crippen molar-refractivity contribution >= 4 is 17.7 Å².